The Morgan fingerprint density at radius 3 is 2.72 bits per heavy atom. The lowest BCUT2D eigenvalue weighted by Gasteiger charge is -2.07. The largest absolute Gasteiger partial charge is 0.352 e. The molecule has 0 unspecified atom stereocenters. The van der Waals surface area contributed by atoms with Crippen molar-refractivity contribution < 1.29 is 14.0 Å². The van der Waals surface area contributed by atoms with Crippen LogP contribution in [0.4, 0.5) is 10.1 Å². The van der Waals surface area contributed by atoms with Crippen LogP contribution in [0.3, 0.4) is 0 Å². The molecule has 128 valence electrons. The van der Waals surface area contributed by atoms with Crippen LogP contribution in [0, 0.1) is 5.82 Å². The molecular weight excluding hydrogens is 363 g/mol. The molecule has 1 heterocycles. The van der Waals surface area contributed by atoms with Crippen LogP contribution in [-0.2, 0) is 0 Å². The van der Waals surface area contributed by atoms with Crippen molar-refractivity contribution in [2.75, 3.05) is 11.9 Å². The van der Waals surface area contributed by atoms with Crippen LogP contribution in [0.25, 0.3) is 10.1 Å². The number of hydrogen-bond acceptors (Lipinski definition) is 3. The Bertz CT molecular complexity index is 971. The van der Waals surface area contributed by atoms with Gasteiger partial charge in [-0.05, 0) is 43.3 Å². The van der Waals surface area contributed by atoms with Gasteiger partial charge in [0.1, 0.15) is 10.7 Å². The molecule has 0 saturated heterocycles. The van der Waals surface area contributed by atoms with E-state index in [0.29, 0.717) is 32.8 Å². The molecule has 2 N–H and O–H groups in total. The molecule has 0 fully saturated rings. The van der Waals surface area contributed by atoms with Crippen molar-refractivity contribution in [3.8, 4) is 0 Å². The second-order valence-corrected chi connectivity index (χ2v) is 6.71. The number of fused-ring (bicyclic) bond motifs is 1. The summed E-state index contributed by atoms with van der Waals surface area (Å²) in [6.07, 6.45) is 0. The van der Waals surface area contributed by atoms with Gasteiger partial charge in [-0.25, -0.2) is 4.39 Å². The van der Waals surface area contributed by atoms with Crippen LogP contribution >= 0.6 is 22.9 Å². The van der Waals surface area contributed by atoms with E-state index in [0.717, 1.165) is 11.3 Å². The summed E-state index contributed by atoms with van der Waals surface area (Å²) in [6, 6.07) is 10.8. The fourth-order valence-corrected chi connectivity index (χ4v) is 3.81. The number of anilines is 1. The predicted molar refractivity (Wildman–Crippen MR) is 99.2 cm³/mol. The van der Waals surface area contributed by atoms with Crippen molar-refractivity contribution in [2.24, 2.45) is 0 Å². The molecule has 3 aromatic rings. The maximum atomic E-state index is 13.3. The molecular formula is C18H14ClFN2O2S. The van der Waals surface area contributed by atoms with E-state index in [-0.39, 0.29) is 16.7 Å². The molecule has 0 atom stereocenters. The molecule has 0 bridgehead atoms. The molecule has 2 aromatic carbocycles. The zero-order valence-corrected chi connectivity index (χ0v) is 14.8. The van der Waals surface area contributed by atoms with Gasteiger partial charge in [0.15, 0.2) is 0 Å². The quantitative estimate of drug-likeness (QED) is 0.693. The van der Waals surface area contributed by atoms with Crippen LogP contribution in [0.5, 0.6) is 0 Å². The Labute approximate surface area is 152 Å². The van der Waals surface area contributed by atoms with E-state index in [2.05, 4.69) is 10.6 Å². The third-order valence-electron chi connectivity index (χ3n) is 3.52. The van der Waals surface area contributed by atoms with Gasteiger partial charge in [0.2, 0.25) is 0 Å². The topological polar surface area (TPSA) is 58.2 Å². The first-order valence-corrected chi connectivity index (χ1v) is 8.76. The SMILES string of the molecule is CCNC(=O)c1cccc(NC(=O)c2sc3cc(F)ccc3c2Cl)c1. The highest BCUT2D eigenvalue weighted by Gasteiger charge is 2.18. The second-order valence-electron chi connectivity index (χ2n) is 5.28. The van der Waals surface area contributed by atoms with Gasteiger partial charge in [-0.15, -0.1) is 11.3 Å². The minimum absolute atomic E-state index is 0.214. The second kappa shape index (κ2) is 7.21. The van der Waals surface area contributed by atoms with Crippen LogP contribution in [0.15, 0.2) is 42.5 Å². The molecule has 3 rings (SSSR count). The summed E-state index contributed by atoms with van der Waals surface area (Å²) in [4.78, 5) is 24.7. The van der Waals surface area contributed by atoms with Crippen molar-refractivity contribution in [3.63, 3.8) is 0 Å². The third kappa shape index (κ3) is 3.65. The molecule has 25 heavy (non-hydrogen) atoms. The number of rotatable bonds is 4. The normalized spacial score (nSPS) is 10.7. The van der Waals surface area contributed by atoms with Crippen molar-refractivity contribution in [2.45, 2.75) is 6.92 Å². The van der Waals surface area contributed by atoms with Crippen LogP contribution in [0.1, 0.15) is 27.0 Å². The summed E-state index contributed by atoms with van der Waals surface area (Å²) in [7, 11) is 0. The number of halogens is 2. The molecule has 0 radical (unpaired) electrons. The van der Waals surface area contributed by atoms with Crippen molar-refractivity contribution in [3.05, 3.63) is 63.7 Å². The fraction of sp³-hybridized carbons (Fsp3) is 0.111. The Hall–Kier alpha value is -2.44. The maximum absolute atomic E-state index is 13.3. The van der Waals surface area contributed by atoms with Gasteiger partial charge < -0.3 is 10.6 Å². The summed E-state index contributed by atoms with van der Waals surface area (Å²) in [5.41, 5.74) is 0.928. The van der Waals surface area contributed by atoms with Crippen LogP contribution < -0.4 is 10.6 Å². The highest BCUT2D eigenvalue weighted by molar-refractivity contribution is 7.21. The third-order valence-corrected chi connectivity index (χ3v) is 5.17. The minimum atomic E-state index is -0.403. The van der Waals surface area contributed by atoms with E-state index >= 15 is 0 Å². The van der Waals surface area contributed by atoms with E-state index in [1.54, 1.807) is 30.3 Å². The molecule has 4 nitrogen and oxygen atoms in total. The molecule has 1 aromatic heterocycles. The Morgan fingerprint density at radius 1 is 1.16 bits per heavy atom. The average Bonchev–Trinajstić information content (AvgIpc) is 2.91. The van der Waals surface area contributed by atoms with E-state index in [1.807, 2.05) is 6.92 Å². The molecule has 0 aliphatic heterocycles. The maximum Gasteiger partial charge on any atom is 0.267 e. The van der Waals surface area contributed by atoms with Gasteiger partial charge in [-0.1, -0.05) is 17.7 Å². The van der Waals surface area contributed by atoms with E-state index in [9.17, 15) is 14.0 Å². The number of carbonyl (C=O) groups excluding carboxylic acids is 2. The van der Waals surface area contributed by atoms with Gasteiger partial charge in [0.05, 0.1) is 5.02 Å². The highest BCUT2D eigenvalue weighted by atomic mass is 35.5. The van der Waals surface area contributed by atoms with Gasteiger partial charge in [-0.2, -0.15) is 0 Å². The van der Waals surface area contributed by atoms with E-state index in [4.69, 9.17) is 11.6 Å². The molecule has 0 aliphatic carbocycles. The fourth-order valence-electron chi connectivity index (χ4n) is 2.37. The van der Waals surface area contributed by atoms with E-state index < -0.39 is 5.91 Å². The smallest absolute Gasteiger partial charge is 0.267 e. The predicted octanol–water partition coefficient (Wildman–Crippen LogP) is 4.70. The van der Waals surface area contributed by atoms with Crippen molar-refractivity contribution >= 4 is 50.5 Å². The first kappa shape index (κ1) is 17.4. The summed E-state index contributed by atoms with van der Waals surface area (Å²) in [5, 5.41) is 6.35. The van der Waals surface area contributed by atoms with Crippen molar-refractivity contribution in [1.82, 2.24) is 5.32 Å². The molecule has 0 aliphatic rings. The number of hydrogen-bond donors (Lipinski definition) is 2. The number of benzene rings is 2. The lowest BCUT2D eigenvalue weighted by molar-refractivity contribution is 0.0954. The Balaban J connectivity index is 1.86. The molecule has 0 saturated carbocycles. The summed E-state index contributed by atoms with van der Waals surface area (Å²) in [6.45, 7) is 2.35. The molecule has 0 spiro atoms. The lowest BCUT2D eigenvalue weighted by atomic mass is 10.2. The number of thiophene rings is 1. The highest BCUT2D eigenvalue weighted by Crippen LogP contribution is 2.36. The number of carbonyl (C=O) groups is 2. The monoisotopic (exact) mass is 376 g/mol. The van der Waals surface area contributed by atoms with E-state index in [1.165, 1.54) is 12.1 Å². The first-order valence-electron chi connectivity index (χ1n) is 7.56. The summed E-state index contributed by atoms with van der Waals surface area (Å²) in [5.74, 6) is -0.999. The Kier molecular flexibility index (Phi) is 5.01. The summed E-state index contributed by atoms with van der Waals surface area (Å²) >= 11 is 7.38. The van der Waals surface area contributed by atoms with Gasteiger partial charge in [0, 0.05) is 27.9 Å². The number of amides is 2. The zero-order valence-electron chi connectivity index (χ0n) is 13.2. The van der Waals surface area contributed by atoms with Crippen molar-refractivity contribution in [1.29, 1.82) is 0 Å². The van der Waals surface area contributed by atoms with Crippen LogP contribution in [0.2, 0.25) is 5.02 Å². The molecule has 2 amide bonds. The lowest BCUT2D eigenvalue weighted by Crippen LogP contribution is -2.22. The standard InChI is InChI=1S/C18H14ClFN2O2S/c1-2-21-17(23)10-4-3-5-12(8-10)22-18(24)16-15(19)13-7-6-11(20)9-14(13)25-16/h3-9H,2H2,1H3,(H,21,23)(H,22,24). The van der Waals surface area contributed by atoms with Gasteiger partial charge in [-0.3, -0.25) is 9.59 Å². The number of nitrogens with one attached hydrogen (secondary N) is 2. The van der Waals surface area contributed by atoms with Gasteiger partial charge in [0.25, 0.3) is 11.8 Å². The first-order chi connectivity index (χ1) is 12.0. The average molecular weight is 377 g/mol. The van der Waals surface area contributed by atoms with Crippen LogP contribution in [-0.4, -0.2) is 18.4 Å². The zero-order chi connectivity index (χ0) is 18.0. The molecule has 7 heteroatoms. The summed E-state index contributed by atoms with van der Waals surface area (Å²) < 4.78 is 13.9. The van der Waals surface area contributed by atoms with Gasteiger partial charge >= 0.3 is 0 Å². The Morgan fingerprint density at radius 2 is 1.96 bits per heavy atom. The minimum Gasteiger partial charge on any atom is -0.352 e.